The first-order valence-electron chi connectivity index (χ1n) is 9.43. The number of rotatable bonds is 3. The van der Waals surface area contributed by atoms with E-state index in [9.17, 15) is 19.6 Å². The van der Waals surface area contributed by atoms with E-state index >= 15 is 0 Å². The van der Waals surface area contributed by atoms with E-state index in [1.54, 1.807) is 25.2 Å². The molecule has 0 amide bonds. The topological polar surface area (TPSA) is 85.4 Å². The van der Waals surface area contributed by atoms with Crippen molar-refractivity contribution in [3.05, 3.63) is 62.8 Å². The zero-order valence-electron chi connectivity index (χ0n) is 16.3. The molecule has 2 aromatic heterocycles. The number of aromatic hydroxyl groups is 1. The fraction of sp³-hybridized carbons (Fsp3) is 0.286. The van der Waals surface area contributed by atoms with E-state index in [1.807, 2.05) is 11.0 Å². The van der Waals surface area contributed by atoms with Crippen molar-refractivity contribution in [2.75, 3.05) is 31.1 Å². The summed E-state index contributed by atoms with van der Waals surface area (Å²) in [7, 11) is 1.61. The lowest BCUT2D eigenvalue weighted by Crippen LogP contribution is -2.47. The molecule has 1 aromatic carbocycles. The monoisotopic (exact) mass is 427 g/mol. The molecule has 3 aromatic rings. The van der Waals surface area contributed by atoms with Crippen molar-refractivity contribution < 1.29 is 9.50 Å². The van der Waals surface area contributed by atoms with Crippen molar-refractivity contribution in [3.63, 3.8) is 0 Å². The average molecular weight is 428 g/mol. The van der Waals surface area contributed by atoms with Gasteiger partial charge in [-0.15, -0.1) is 0 Å². The van der Waals surface area contributed by atoms with Crippen LogP contribution in [0.5, 0.6) is 5.75 Å². The summed E-state index contributed by atoms with van der Waals surface area (Å²) in [6.07, 6.45) is 0. The molecule has 0 spiro atoms. The van der Waals surface area contributed by atoms with Crippen LogP contribution >= 0.6 is 11.6 Å². The number of phenolic OH excluding ortho intramolecular Hbond substituents is 1. The van der Waals surface area contributed by atoms with Crippen molar-refractivity contribution in [1.29, 1.82) is 5.26 Å². The third kappa shape index (κ3) is 3.58. The molecule has 0 unspecified atom stereocenters. The molecule has 7 nitrogen and oxygen atoms in total. The highest BCUT2D eigenvalue weighted by Crippen LogP contribution is 2.29. The standard InChI is InChI=1S/C21H19ClFN5O2/c1-26-16-4-5-18(22)25-19(16)20(14(11-24)21(26)30)28-8-6-27(7-9-28)12-13-2-3-15(23)17(29)10-13/h2-5,10,29H,6-9,12H2,1H3. The predicted molar refractivity (Wildman–Crippen MR) is 112 cm³/mol. The number of nitriles is 1. The Morgan fingerprint density at radius 1 is 1.23 bits per heavy atom. The van der Waals surface area contributed by atoms with Gasteiger partial charge in [-0.25, -0.2) is 9.37 Å². The van der Waals surface area contributed by atoms with Crippen LogP contribution in [-0.2, 0) is 13.6 Å². The van der Waals surface area contributed by atoms with Gasteiger partial charge in [0.2, 0.25) is 0 Å². The van der Waals surface area contributed by atoms with Gasteiger partial charge >= 0.3 is 0 Å². The molecular formula is C21H19ClFN5O2. The summed E-state index contributed by atoms with van der Waals surface area (Å²) in [5, 5.41) is 19.5. The molecule has 0 atom stereocenters. The SMILES string of the molecule is Cn1c(=O)c(C#N)c(N2CCN(Cc3ccc(F)c(O)c3)CC2)c2nc(Cl)ccc21. The molecule has 1 aliphatic rings. The number of halogens is 2. The highest BCUT2D eigenvalue weighted by Gasteiger charge is 2.25. The van der Waals surface area contributed by atoms with Crippen molar-refractivity contribution in [2.45, 2.75) is 6.54 Å². The van der Waals surface area contributed by atoms with E-state index < -0.39 is 5.82 Å². The molecule has 30 heavy (non-hydrogen) atoms. The van der Waals surface area contributed by atoms with E-state index in [2.05, 4.69) is 9.88 Å². The second-order valence-electron chi connectivity index (χ2n) is 7.25. The van der Waals surface area contributed by atoms with Gasteiger partial charge in [0, 0.05) is 39.8 Å². The molecule has 0 saturated carbocycles. The maximum Gasteiger partial charge on any atom is 0.270 e. The highest BCUT2D eigenvalue weighted by atomic mass is 35.5. The molecule has 9 heteroatoms. The van der Waals surface area contributed by atoms with E-state index in [4.69, 9.17) is 11.6 Å². The minimum atomic E-state index is -0.642. The normalized spacial score (nSPS) is 14.8. The third-order valence-electron chi connectivity index (χ3n) is 5.40. The van der Waals surface area contributed by atoms with Gasteiger partial charge in [0.25, 0.3) is 5.56 Å². The molecule has 1 N–H and O–H groups in total. The second-order valence-corrected chi connectivity index (χ2v) is 7.64. The molecule has 4 rings (SSSR count). The van der Waals surface area contributed by atoms with E-state index in [-0.39, 0.29) is 16.9 Å². The predicted octanol–water partition coefficient (Wildman–Crippen LogP) is 2.63. The van der Waals surface area contributed by atoms with Crippen LogP contribution in [-0.4, -0.2) is 45.7 Å². The summed E-state index contributed by atoms with van der Waals surface area (Å²) >= 11 is 6.10. The Hall–Kier alpha value is -3.15. The number of pyridine rings is 2. The largest absolute Gasteiger partial charge is 0.505 e. The number of aryl methyl sites for hydroxylation is 1. The first kappa shape index (κ1) is 20.1. The smallest absolute Gasteiger partial charge is 0.270 e. The van der Waals surface area contributed by atoms with Crippen molar-refractivity contribution >= 4 is 28.3 Å². The Kier molecular flexibility index (Phi) is 5.33. The molecule has 154 valence electrons. The molecular weight excluding hydrogens is 409 g/mol. The highest BCUT2D eigenvalue weighted by molar-refractivity contribution is 6.29. The Labute approximate surface area is 177 Å². The maximum absolute atomic E-state index is 13.3. The Bertz CT molecular complexity index is 1230. The van der Waals surface area contributed by atoms with Gasteiger partial charge in [-0.3, -0.25) is 9.69 Å². The van der Waals surface area contributed by atoms with Gasteiger partial charge < -0.3 is 14.6 Å². The minimum Gasteiger partial charge on any atom is -0.505 e. The van der Waals surface area contributed by atoms with E-state index in [0.717, 1.165) is 5.56 Å². The lowest BCUT2D eigenvalue weighted by atomic mass is 10.1. The van der Waals surface area contributed by atoms with E-state index in [0.29, 0.717) is 54.6 Å². The van der Waals surface area contributed by atoms with Gasteiger partial charge in [-0.05, 0) is 29.8 Å². The van der Waals surface area contributed by atoms with Gasteiger partial charge in [0.1, 0.15) is 22.3 Å². The van der Waals surface area contributed by atoms with Gasteiger partial charge in [0.15, 0.2) is 11.6 Å². The first-order valence-corrected chi connectivity index (χ1v) is 9.81. The number of piperazine rings is 1. The number of nitrogens with zero attached hydrogens (tertiary/aromatic N) is 5. The molecule has 3 heterocycles. The summed E-state index contributed by atoms with van der Waals surface area (Å²) in [6.45, 7) is 3.06. The number of benzene rings is 1. The summed E-state index contributed by atoms with van der Waals surface area (Å²) in [5.74, 6) is -1.00. The minimum absolute atomic E-state index is 0.0525. The Morgan fingerprint density at radius 3 is 2.63 bits per heavy atom. The van der Waals surface area contributed by atoms with Gasteiger partial charge in [-0.1, -0.05) is 17.7 Å². The lowest BCUT2D eigenvalue weighted by molar-refractivity contribution is 0.249. The number of hydrogen-bond acceptors (Lipinski definition) is 6. The number of hydrogen-bond donors (Lipinski definition) is 1. The Balaban J connectivity index is 1.62. The Morgan fingerprint density at radius 2 is 1.97 bits per heavy atom. The zero-order chi connectivity index (χ0) is 21.4. The summed E-state index contributed by atoms with van der Waals surface area (Å²) < 4.78 is 14.7. The number of phenols is 1. The third-order valence-corrected chi connectivity index (χ3v) is 5.61. The molecule has 1 fully saturated rings. The zero-order valence-corrected chi connectivity index (χ0v) is 17.0. The summed E-state index contributed by atoms with van der Waals surface area (Å²) in [4.78, 5) is 21.3. The fourth-order valence-corrected chi connectivity index (χ4v) is 3.97. The van der Waals surface area contributed by atoms with Gasteiger partial charge in [-0.2, -0.15) is 5.26 Å². The number of anilines is 1. The molecule has 1 aliphatic heterocycles. The molecule has 1 saturated heterocycles. The van der Waals surface area contributed by atoms with Crippen LogP contribution in [0, 0.1) is 17.1 Å². The summed E-state index contributed by atoms with van der Waals surface area (Å²) in [6, 6.07) is 9.72. The number of fused-ring (bicyclic) bond motifs is 1. The fourth-order valence-electron chi connectivity index (χ4n) is 3.82. The van der Waals surface area contributed by atoms with Crippen LogP contribution < -0.4 is 10.5 Å². The van der Waals surface area contributed by atoms with Crippen LogP contribution in [0.15, 0.2) is 35.1 Å². The van der Waals surface area contributed by atoms with Crippen molar-refractivity contribution in [2.24, 2.45) is 7.05 Å². The van der Waals surface area contributed by atoms with Crippen LogP contribution in [0.4, 0.5) is 10.1 Å². The van der Waals surface area contributed by atoms with Crippen LogP contribution in [0.3, 0.4) is 0 Å². The molecule has 0 bridgehead atoms. The van der Waals surface area contributed by atoms with Crippen LogP contribution in [0.1, 0.15) is 11.1 Å². The molecule has 0 radical (unpaired) electrons. The average Bonchev–Trinajstić information content (AvgIpc) is 2.74. The van der Waals surface area contributed by atoms with Crippen LogP contribution in [0.2, 0.25) is 5.15 Å². The first-order chi connectivity index (χ1) is 14.4. The lowest BCUT2D eigenvalue weighted by Gasteiger charge is -2.36. The quantitative estimate of drug-likeness (QED) is 0.647. The van der Waals surface area contributed by atoms with Crippen molar-refractivity contribution in [3.8, 4) is 11.8 Å². The summed E-state index contributed by atoms with van der Waals surface area (Å²) in [5.41, 5.74) is 2.15. The van der Waals surface area contributed by atoms with Crippen molar-refractivity contribution in [1.82, 2.24) is 14.5 Å². The van der Waals surface area contributed by atoms with E-state index in [1.165, 1.54) is 16.7 Å². The molecule has 0 aliphatic carbocycles. The maximum atomic E-state index is 13.3. The second kappa shape index (κ2) is 7.94. The number of aromatic nitrogens is 2. The van der Waals surface area contributed by atoms with Gasteiger partial charge in [0.05, 0.1) is 11.2 Å². The van der Waals surface area contributed by atoms with Crippen LogP contribution in [0.25, 0.3) is 11.0 Å².